The molecule has 4 rings (SSSR count). The fourth-order valence-electron chi connectivity index (χ4n) is 5.48. The molecule has 0 aromatic heterocycles. The van der Waals surface area contributed by atoms with Crippen LogP contribution in [0.25, 0.3) is 0 Å². The number of benzene rings is 1. The number of nitrogens with two attached hydrogens (primary N) is 1. The number of halogens is 2. The van der Waals surface area contributed by atoms with E-state index in [-0.39, 0.29) is 0 Å². The number of hydrogen-bond acceptors (Lipinski definition) is 4. The zero-order chi connectivity index (χ0) is 23.9. The Labute approximate surface area is 192 Å². The van der Waals surface area contributed by atoms with Crippen molar-refractivity contribution in [1.82, 2.24) is 15.1 Å². The molecule has 2 heterocycles. The molecule has 1 spiro atoms. The largest absolute Gasteiger partial charge is 0.351 e. The van der Waals surface area contributed by atoms with Crippen molar-refractivity contribution in [3.05, 3.63) is 35.9 Å². The van der Waals surface area contributed by atoms with Crippen molar-refractivity contribution in [2.75, 3.05) is 26.7 Å². The standard InChI is InChI=1S/C24H31F2N5O2/c1-30-11-9-22(10-12-30)16-31(21(28)33)19(22)18(20(32)29-23(15-27)7-8-23)14-24(25,26)13-17-5-3-2-4-6-17/h2-6,18-19H,7-14,16H2,1H3,(H2,28,33)(H,29,32)/t18-,19?/m0/s1. The van der Waals surface area contributed by atoms with E-state index in [0.29, 0.717) is 37.8 Å². The van der Waals surface area contributed by atoms with E-state index in [1.807, 2.05) is 7.05 Å². The van der Waals surface area contributed by atoms with Crippen molar-refractivity contribution in [2.45, 2.75) is 56.0 Å². The van der Waals surface area contributed by atoms with Crippen LogP contribution in [0, 0.1) is 22.7 Å². The summed E-state index contributed by atoms with van der Waals surface area (Å²) in [6.45, 7) is 1.90. The molecule has 33 heavy (non-hydrogen) atoms. The molecule has 2 saturated heterocycles. The minimum Gasteiger partial charge on any atom is -0.351 e. The molecule has 7 nitrogen and oxygen atoms in total. The van der Waals surface area contributed by atoms with E-state index >= 15 is 8.78 Å². The maximum absolute atomic E-state index is 15.3. The normalized spacial score (nSPS) is 24.4. The smallest absolute Gasteiger partial charge is 0.315 e. The average molecular weight is 460 g/mol. The van der Waals surface area contributed by atoms with Crippen LogP contribution in [0.15, 0.2) is 30.3 Å². The highest BCUT2D eigenvalue weighted by Crippen LogP contribution is 2.51. The van der Waals surface area contributed by atoms with Crippen LogP contribution in [0.5, 0.6) is 0 Å². The second-order valence-corrected chi connectivity index (χ2v) is 10.1. The number of piperidine rings is 1. The molecule has 2 atom stereocenters. The van der Waals surface area contributed by atoms with Crippen LogP contribution in [-0.4, -0.2) is 65.9 Å². The Kier molecular flexibility index (Phi) is 6.08. The van der Waals surface area contributed by atoms with E-state index < -0.39 is 53.6 Å². The fraction of sp³-hybridized carbons (Fsp3) is 0.625. The Morgan fingerprint density at radius 3 is 2.42 bits per heavy atom. The number of likely N-dealkylation sites (tertiary alicyclic amines) is 2. The monoisotopic (exact) mass is 459 g/mol. The zero-order valence-electron chi connectivity index (χ0n) is 18.9. The van der Waals surface area contributed by atoms with Crippen molar-refractivity contribution >= 4 is 11.9 Å². The van der Waals surface area contributed by atoms with Gasteiger partial charge < -0.3 is 20.9 Å². The molecular formula is C24H31F2N5O2. The molecule has 1 aromatic carbocycles. The molecule has 1 unspecified atom stereocenters. The molecule has 0 bridgehead atoms. The first-order valence-electron chi connectivity index (χ1n) is 11.5. The number of amides is 3. The van der Waals surface area contributed by atoms with E-state index in [0.717, 1.165) is 13.1 Å². The Balaban J connectivity index is 1.63. The molecule has 3 N–H and O–H groups in total. The van der Waals surface area contributed by atoms with Crippen LogP contribution in [0.3, 0.4) is 0 Å². The van der Waals surface area contributed by atoms with Crippen molar-refractivity contribution in [3.8, 4) is 6.07 Å². The summed E-state index contributed by atoms with van der Waals surface area (Å²) in [5.41, 5.74) is 4.68. The second-order valence-electron chi connectivity index (χ2n) is 10.1. The van der Waals surface area contributed by atoms with Gasteiger partial charge in [0.15, 0.2) is 0 Å². The fourth-order valence-corrected chi connectivity index (χ4v) is 5.48. The second kappa shape index (κ2) is 8.56. The van der Waals surface area contributed by atoms with Gasteiger partial charge in [-0.25, -0.2) is 13.6 Å². The first kappa shape index (κ1) is 23.4. The molecule has 0 radical (unpaired) electrons. The Morgan fingerprint density at radius 2 is 1.88 bits per heavy atom. The highest BCUT2D eigenvalue weighted by atomic mass is 19.3. The number of primary amides is 1. The van der Waals surface area contributed by atoms with E-state index in [1.165, 1.54) is 4.90 Å². The summed E-state index contributed by atoms with van der Waals surface area (Å²) < 4.78 is 30.7. The predicted molar refractivity (Wildman–Crippen MR) is 118 cm³/mol. The number of carbonyl (C=O) groups is 2. The van der Waals surface area contributed by atoms with Gasteiger partial charge in [-0.15, -0.1) is 0 Å². The summed E-state index contributed by atoms with van der Waals surface area (Å²) in [7, 11) is 1.99. The van der Waals surface area contributed by atoms with Gasteiger partial charge in [0.2, 0.25) is 5.91 Å². The first-order valence-corrected chi connectivity index (χ1v) is 11.5. The third kappa shape index (κ3) is 4.81. The van der Waals surface area contributed by atoms with Crippen LogP contribution < -0.4 is 11.1 Å². The van der Waals surface area contributed by atoms with Crippen LogP contribution in [0.2, 0.25) is 0 Å². The average Bonchev–Trinajstić information content (AvgIpc) is 3.52. The Bertz CT molecular complexity index is 936. The van der Waals surface area contributed by atoms with Gasteiger partial charge in [-0.2, -0.15) is 5.26 Å². The number of urea groups is 1. The lowest BCUT2D eigenvalue weighted by Gasteiger charge is -2.61. The van der Waals surface area contributed by atoms with Crippen LogP contribution in [-0.2, 0) is 11.2 Å². The van der Waals surface area contributed by atoms with E-state index in [4.69, 9.17) is 5.73 Å². The Morgan fingerprint density at radius 1 is 1.24 bits per heavy atom. The number of alkyl halides is 2. The van der Waals surface area contributed by atoms with Gasteiger partial charge in [-0.1, -0.05) is 30.3 Å². The molecule has 9 heteroatoms. The zero-order valence-corrected chi connectivity index (χ0v) is 18.9. The van der Waals surface area contributed by atoms with Crippen LogP contribution in [0.1, 0.15) is 37.7 Å². The number of carbonyl (C=O) groups excluding carboxylic acids is 2. The van der Waals surface area contributed by atoms with Gasteiger partial charge in [-0.3, -0.25) is 4.79 Å². The first-order chi connectivity index (χ1) is 15.6. The molecule has 1 saturated carbocycles. The number of nitrogens with one attached hydrogen (secondary N) is 1. The number of nitriles is 1. The van der Waals surface area contributed by atoms with Gasteiger partial charge >= 0.3 is 6.03 Å². The summed E-state index contributed by atoms with van der Waals surface area (Å²) >= 11 is 0. The van der Waals surface area contributed by atoms with Gasteiger partial charge in [0.25, 0.3) is 5.92 Å². The van der Waals surface area contributed by atoms with Gasteiger partial charge in [0.1, 0.15) is 5.54 Å². The molecular weight excluding hydrogens is 428 g/mol. The lowest BCUT2D eigenvalue weighted by Crippen LogP contribution is -2.73. The lowest BCUT2D eigenvalue weighted by atomic mass is 9.60. The van der Waals surface area contributed by atoms with Crippen molar-refractivity contribution < 1.29 is 18.4 Å². The lowest BCUT2D eigenvalue weighted by molar-refractivity contribution is -0.152. The van der Waals surface area contributed by atoms with E-state index in [2.05, 4.69) is 16.3 Å². The minimum absolute atomic E-state index is 0.373. The van der Waals surface area contributed by atoms with Crippen molar-refractivity contribution in [3.63, 3.8) is 0 Å². The number of hydrogen-bond donors (Lipinski definition) is 2. The van der Waals surface area contributed by atoms with E-state index in [1.54, 1.807) is 30.3 Å². The summed E-state index contributed by atoms with van der Waals surface area (Å²) in [6, 6.07) is 9.12. The summed E-state index contributed by atoms with van der Waals surface area (Å²) in [5.74, 6) is -4.91. The van der Waals surface area contributed by atoms with Gasteiger partial charge in [0.05, 0.1) is 18.0 Å². The van der Waals surface area contributed by atoms with Crippen molar-refractivity contribution in [2.24, 2.45) is 17.1 Å². The highest BCUT2D eigenvalue weighted by molar-refractivity contribution is 5.83. The predicted octanol–water partition coefficient (Wildman–Crippen LogP) is 2.52. The number of nitrogens with zero attached hydrogens (tertiary/aromatic N) is 3. The maximum Gasteiger partial charge on any atom is 0.315 e. The van der Waals surface area contributed by atoms with Crippen LogP contribution >= 0.6 is 0 Å². The summed E-state index contributed by atoms with van der Waals surface area (Å²) in [6.07, 6.45) is 1.21. The molecule has 1 aliphatic carbocycles. The third-order valence-corrected chi connectivity index (χ3v) is 7.58. The summed E-state index contributed by atoms with van der Waals surface area (Å²) in [4.78, 5) is 29.1. The van der Waals surface area contributed by atoms with E-state index in [9.17, 15) is 14.9 Å². The molecule has 178 valence electrons. The quantitative estimate of drug-likeness (QED) is 0.654. The molecule has 3 aliphatic rings. The Hall–Kier alpha value is -2.73. The minimum atomic E-state index is -3.17. The molecule has 3 fully saturated rings. The van der Waals surface area contributed by atoms with Gasteiger partial charge in [0, 0.05) is 24.8 Å². The summed E-state index contributed by atoms with van der Waals surface area (Å²) in [5, 5.41) is 12.2. The van der Waals surface area contributed by atoms with Crippen LogP contribution in [0.4, 0.5) is 13.6 Å². The maximum atomic E-state index is 15.3. The topological polar surface area (TPSA) is 102 Å². The molecule has 2 aliphatic heterocycles. The molecule has 1 aromatic rings. The molecule has 3 amide bonds. The number of rotatable bonds is 7. The third-order valence-electron chi connectivity index (χ3n) is 7.58. The SMILES string of the molecule is CN1CCC2(CC1)CN(C(N)=O)C2[C@H](CC(F)(F)Cc1ccccc1)C(=O)NC1(C#N)CC1. The van der Waals surface area contributed by atoms with Gasteiger partial charge in [-0.05, 0) is 51.4 Å². The van der Waals surface area contributed by atoms with Crippen molar-refractivity contribution in [1.29, 1.82) is 5.26 Å². The highest BCUT2D eigenvalue weighted by Gasteiger charge is 2.61.